The first-order chi connectivity index (χ1) is 13.4. The highest BCUT2D eigenvalue weighted by atomic mass is 16.5. The smallest absolute Gasteiger partial charge is 0.344 e. The predicted molar refractivity (Wildman–Crippen MR) is 95.7 cm³/mol. The molecular weight excluding hydrogens is 366 g/mol. The zero-order valence-electron chi connectivity index (χ0n) is 15.1. The van der Waals surface area contributed by atoms with Crippen molar-refractivity contribution in [3.8, 4) is 0 Å². The van der Waals surface area contributed by atoms with E-state index in [0.29, 0.717) is 17.9 Å². The molecule has 1 atom stereocenters. The summed E-state index contributed by atoms with van der Waals surface area (Å²) >= 11 is 0. The quantitative estimate of drug-likeness (QED) is 0.550. The second kappa shape index (κ2) is 7.95. The minimum atomic E-state index is -1.15. The first-order valence-electron chi connectivity index (χ1n) is 8.58. The molecule has 1 aromatic heterocycles. The van der Waals surface area contributed by atoms with Crippen molar-refractivity contribution in [3.05, 3.63) is 60.1 Å². The fourth-order valence-corrected chi connectivity index (χ4v) is 2.75. The number of urea groups is 1. The molecule has 1 aliphatic heterocycles. The van der Waals surface area contributed by atoms with Crippen LogP contribution in [0.25, 0.3) is 0 Å². The Balaban J connectivity index is 1.54. The molecule has 0 spiro atoms. The summed E-state index contributed by atoms with van der Waals surface area (Å²) < 4.78 is 9.55. The van der Waals surface area contributed by atoms with Gasteiger partial charge < -0.3 is 14.5 Å². The summed E-state index contributed by atoms with van der Waals surface area (Å²) in [7, 11) is 0. The Kier molecular flexibility index (Phi) is 5.44. The van der Waals surface area contributed by atoms with Gasteiger partial charge in [-0.3, -0.25) is 15.0 Å². The van der Waals surface area contributed by atoms with E-state index >= 15 is 0 Å². The summed E-state index contributed by atoms with van der Waals surface area (Å²) in [6.07, 6.45) is 3.41. The molecule has 146 valence electrons. The van der Waals surface area contributed by atoms with Gasteiger partial charge >= 0.3 is 12.0 Å². The maximum absolute atomic E-state index is 12.6. The van der Waals surface area contributed by atoms with Gasteiger partial charge in [-0.05, 0) is 31.4 Å². The Morgan fingerprint density at radius 2 is 1.96 bits per heavy atom. The van der Waals surface area contributed by atoms with E-state index in [1.165, 1.54) is 18.6 Å². The molecule has 0 radical (unpaired) electrons. The molecule has 0 saturated carbocycles. The molecular formula is C19H19N3O6. The second-order valence-corrected chi connectivity index (χ2v) is 6.51. The molecule has 1 aliphatic rings. The normalized spacial score (nSPS) is 18.7. The van der Waals surface area contributed by atoms with Crippen molar-refractivity contribution >= 4 is 23.8 Å². The summed E-state index contributed by atoms with van der Waals surface area (Å²) in [6.45, 7) is 0.947. The number of carbonyl (C=O) groups excluding carboxylic acids is 4. The van der Waals surface area contributed by atoms with Gasteiger partial charge in [-0.25, -0.2) is 9.59 Å². The molecule has 0 aliphatic carbocycles. The SMILES string of the molecule is CC1(CCc2ccccc2)NC(=O)N(NC(=O)COC(=O)c2ccoc2)C1=O. The molecule has 1 saturated heterocycles. The van der Waals surface area contributed by atoms with E-state index in [1.807, 2.05) is 30.3 Å². The fraction of sp³-hybridized carbons (Fsp3) is 0.263. The maximum atomic E-state index is 12.6. The number of nitrogens with zero attached hydrogens (tertiary/aromatic N) is 1. The third-order valence-corrected chi connectivity index (χ3v) is 4.35. The van der Waals surface area contributed by atoms with E-state index in [-0.39, 0.29) is 5.56 Å². The van der Waals surface area contributed by atoms with Crippen LogP contribution in [0.3, 0.4) is 0 Å². The molecule has 9 heteroatoms. The van der Waals surface area contributed by atoms with Crippen molar-refractivity contribution in [1.82, 2.24) is 15.8 Å². The number of rotatable bonds is 7. The molecule has 1 unspecified atom stereocenters. The summed E-state index contributed by atoms with van der Waals surface area (Å²) in [5.41, 5.74) is 2.20. The fourth-order valence-electron chi connectivity index (χ4n) is 2.75. The van der Waals surface area contributed by atoms with Crippen LogP contribution in [0.5, 0.6) is 0 Å². The highest BCUT2D eigenvalue weighted by molar-refractivity contribution is 6.07. The number of imide groups is 1. The van der Waals surface area contributed by atoms with Gasteiger partial charge in [-0.2, -0.15) is 5.01 Å². The minimum Gasteiger partial charge on any atom is -0.472 e. The Hall–Kier alpha value is -3.62. The number of carbonyl (C=O) groups is 4. The number of hydrazine groups is 1. The lowest BCUT2D eigenvalue weighted by Gasteiger charge is -2.21. The lowest BCUT2D eigenvalue weighted by molar-refractivity contribution is -0.140. The molecule has 1 aromatic carbocycles. The molecule has 2 heterocycles. The lowest BCUT2D eigenvalue weighted by Crippen LogP contribution is -2.50. The first kappa shape index (κ1) is 19.2. The van der Waals surface area contributed by atoms with Crippen LogP contribution < -0.4 is 10.7 Å². The van der Waals surface area contributed by atoms with Crippen LogP contribution in [0.15, 0.2) is 53.3 Å². The van der Waals surface area contributed by atoms with E-state index in [4.69, 9.17) is 9.15 Å². The number of benzene rings is 1. The van der Waals surface area contributed by atoms with Crippen molar-refractivity contribution < 1.29 is 28.3 Å². The minimum absolute atomic E-state index is 0.149. The van der Waals surface area contributed by atoms with Gasteiger partial charge in [0.15, 0.2) is 6.61 Å². The van der Waals surface area contributed by atoms with Gasteiger partial charge in [0.25, 0.3) is 11.8 Å². The summed E-state index contributed by atoms with van der Waals surface area (Å²) in [5.74, 6) is -2.15. The Morgan fingerprint density at radius 3 is 2.64 bits per heavy atom. The van der Waals surface area contributed by atoms with Crippen LogP contribution >= 0.6 is 0 Å². The van der Waals surface area contributed by atoms with E-state index in [2.05, 4.69) is 10.7 Å². The number of hydrogen-bond acceptors (Lipinski definition) is 6. The van der Waals surface area contributed by atoms with Crippen molar-refractivity contribution in [2.24, 2.45) is 0 Å². The number of amides is 4. The van der Waals surface area contributed by atoms with Gasteiger partial charge in [0, 0.05) is 0 Å². The average Bonchev–Trinajstić information content (AvgIpc) is 3.29. The van der Waals surface area contributed by atoms with Crippen LogP contribution in [-0.4, -0.2) is 41.0 Å². The Labute approximate surface area is 160 Å². The second-order valence-electron chi connectivity index (χ2n) is 6.51. The van der Waals surface area contributed by atoms with E-state index in [0.717, 1.165) is 5.56 Å². The molecule has 9 nitrogen and oxygen atoms in total. The molecule has 2 N–H and O–H groups in total. The lowest BCUT2D eigenvalue weighted by atomic mass is 9.93. The number of nitrogens with one attached hydrogen (secondary N) is 2. The van der Waals surface area contributed by atoms with Crippen molar-refractivity contribution in [3.63, 3.8) is 0 Å². The monoisotopic (exact) mass is 385 g/mol. The molecule has 1 fully saturated rings. The highest BCUT2D eigenvalue weighted by Crippen LogP contribution is 2.22. The van der Waals surface area contributed by atoms with Gasteiger partial charge in [0.2, 0.25) is 0 Å². The first-order valence-corrected chi connectivity index (χ1v) is 8.58. The Morgan fingerprint density at radius 1 is 1.21 bits per heavy atom. The third-order valence-electron chi connectivity index (χ3n) is 4.35. The van der Waals surface area contributed by atoms with Crippen LogP contribution in [0, 0.1) is 0 Å². The van der Waals surface area contributed by atoms with Gasteiger partial charge in [-0.1, -0.05) is 30.3 Å². The third kappa shape index (κ3) is 4.20. The molecule has 3 rings (SSSR count). The number of hydrogen-bond donors (Lipinski definition) is 2. The summed E-state index contributed by atoms with van der Waals surface area (Å²) in [4.78, 5) is 48.4. The van der Waals surface area contributed by atoms with Crippen molar-refractivity contribution in [1.29, 1.82) is 0 Å². The highest BCUT2D eigenvalue weighted by Gasteiger charge is 2.48. The van der Waals surface area contributed by atoms with Crippen LogP contribution in [0.2, 0.25) is 0 Å². The number of ether oxygens (including phenoxy) is 1. The molecule has 4 amide bonds. The molecule has 0 bridgehead atoms. The maximum Gasteiger partial charge on any atom is 0.344 e. The summed E-state index contributed by atoms with van der Waals surface area (Å²) in [5, 5.41) is 3.21. The molecule has 2 aromatic rings. The average molecular weight is 385 g/mol. The number of esters is 1. The Bertz CT molecular complexity index is 880. The van der Waals surface area contributed by atoms with Crippen molar-refractivity contribution in [2.45, 2.75) is 25.3 Å². The van der Waals surface area contributed by atoms with Gasteiger partial charge in [0.05, 0.1) is 11.8 Å². The van der Waals surface area contributed by atoms with Gasteiger partial charge in [-0.15, -0.1) is 0 Å². The number of furan rings is 1. The standard InChI is InChI=1S/C19H19N3O6/c1-19(9-7-13-5-3-2-4-6-13)17(25)22(18(26)20-19)21-15(23)12-28-16(24)14-8-10-27-11-14/h2-6,8,10-11H,7,9,12H2,1H3,(H,20,26)(H,21,23). The van der Waals surface area contributed by atoms with Gasteiger partial charge in [0.1, 0.15) is 11.8 Å². The molecule has 28 heavy (non-hydrogen) atoms. The zero-order chi connectivity index (χ0) is 20.1. The van der Waals surface area contributed by atoms with Crippen LogP contribution in [0.1, 0.15) is 29.3 Å². The largest absolute Gasteiger partial charge is 0.472 e. The van der Waals surface area contributed by atoms with Crippen LogP contribution in [-0.2, 0) is 20.7 Å². The van der Waals surface area contributed by atoms with E-state index in [9.17, 15) is 19.2 Å². The van der Waals surface area contributed by atoms with Crippen molar-refractivity contribution in [2.75, 3.05) is 6.61 Å². The van der Waals surface area contributed by atoms with E-state index < -0.39 is 36.0 Å². The van der Waals surface area contributed by atoms with Crippen LogP contribution in [0.4, 0.5) is 4.79 Å². The topological polar surface area (TPSA) is 118 Å². The van der Waals surface area contributed by atoms with E-state index in [1.54, 1.807) is 6.92 Å². The zero-order valence-corrected chi connectivity index (χ0v) is 15.1. The summed E-state index contributed by atoms with van der Waals surface area (Å²) in [6, 6.07) is 10.2. The number of aryl methyl sites for hydroxylation is 1. The predicted octanol–water partition coefficient (Wildman–Crippen LogP) is 1.41.